The van der Waals surface area contributed by atoms with Crippen LogP contribution in [0.2, 0.25) is 0 Å². The Morgan fingerprint density at radius 2 is 2.05 bits per heavy atom. The molecule has 0 radical (unpaired) electrons. The molecule has 1 aromatic rings. The molecule has 1 N–H and O–H groups in total. The molecule has 20 heavy (non-hydrogen) atoms. The maximum atomic E-state index is 13.7. The number of hydrogen-bond acceptors (Lipinski definition) is 4. The van der Waals surface area contributed by atoms with Crippen LogP contribution in [0.15, 0.2) is 18.2 Å². The van der Waals surface area contributed by atoms with Gasteiger partial charge in [0.1, 0.15) is 11.6 Å². The Kier molecular flexibility index (Phi) is 5.36. The molecule has 4 nitrogen and oxygen atoms in total. The second kappa shape index (κ2) is 6.59. The van der Waals surface area contributed by atoms with Crippen molar-refractivity contribution in [3.63, 3.8) is 0 Å². The van der Waals surface area contributed by atoms with Gasteiger partial charge in [0.05, 0.1) is 6.61 Å². The molecule has 0 saturated carbocycles. The van der Waals surface area contributed by atoms with Gasteiger partial charge >= 0.3 is 5.97 Å². The molecular formula is C15H22FNO3. The fraction of sp³-hybridized carbons (Fsp3) is 0.533. The highest BCUT2D eigenvalue weighted by atomic mass is 19.1. The number of hydrogen-bond donors (Lipinski definition) is 1. The molecule has 112 valence electrons. The van der Waals surface area contributed by atoms with Crippen LogP contribution in [0.5, 0.6) is 5.75 Å². The van der Waals surface area contributed by atoms with Crippen molar-refractivity contribution in [1.82, 2.24) is 0 Å². The molecule has 1 unspecified atom stereocenters. The van der Waals surface area contributed by atoms with E-state index < -0.39 is 17.5 Å². The van der Waals surface area contributed by atoms with Gasteiger partial charge in [0, 0.05) is 11.8 Å². The summed E-state index contributed by atoms with van der Waals surface area (Å²) in [5.74, 6) is -0.650. The third-order valence-electron chi connectivity index (χ3n) is 2.38. The highest BCUT2D eigenvalue weighted by Gasteiger charge is 2.21. The fourth-order valence-electron chi connectivity index (χ4n) is 1.56. The molecule has 1 aromatic carbocycles. The Bertz CT molecular complexity index is 469. The minimum atomic E-state index is -0.563. The van der Waals surface area contributed by atoms with Gasteiger partial charge < -0.3 is 14.8 Å². The maximum absolute atomic E-state index is 13.7. The lowest BCUT2D eigenvalue weighted by Gasteiger charge is -2.23. The number of nitrogens with one attached hydrogen (secondary N) is 1. The first-order chi connectivity index (χ1) is 9.23. The first kappa shape index (κ1) is 16.3. The number of esters is 1. The average Bonchev–Trinajstić information content (AvgIpc) is 2.30. The molecule has 5 heteroatoms. The van der Waals surface area contributed by atoms with Gasteiger partial charge in [0.2, 0.25) is 0 Å². The summed E-state index contributed by atoms with van der Waals surface area (Å²) in [6.07, 6.45) is 0. The van der Waals surface area contributed by atoms with Gasteiger partial charge in [0.25, 0.3) is 0 Å². The van der Waals surface area contributed by atoms with Gasteiger partial charge in [-0.3, -0.25) is 0 Å². The molecule has 0 heterocycles. The van der Waals surface area contributed by atoms with Crippen LogP contribution in [0, 0.1) is 5.82 Å². The quantitative estimate of drug-likeness (QED) is 0.842. The molecule has 0 saturated heterocycles. The van der Waals surface area contributed by atoms with Crippen LogP contribution in [0.1, 0.15) is 34.6 Å². The van der Waals surface area contributed by atoms with E-state index in [1.54, 1.807) is 40.7 Å². The van der Waals surface area contributed by atoms with Crippen LogP contribution in [-0.4, -0.2) is 24.2 Å². The number of ether oxygens (including phenoxy) is 2. The van der Waals surface area contributed by atoms with Gasteiger partial charge in [-0.2, -0.15) is 0 Å². The summed E-state index contributed by atoms with van der Waals surface area (Å²) in [5.41, 5.74) is -0.0406. The van der Waals surface area contributed by atoms with E-state index in [0.717, 1.165) is 0 Å². The van der Waals surface area contributed by atoms with E-state index in [9.17, 15) is 9.18 Å². The second-order valence-electron chi connectivity index (χ2n) is 5.48. The molecule has 0 aliphatic carbocycles. The predicted octanol–water partition coefficient (Wildman–Crippen LogP) is 3.37. The average molecular weight is 283 g/mol. The number of carbonyl (C=O) groups is 1. The molecule has 0 aliphatic heterocycles. The molecule has 0 aliphatic rings. The van der Waals surface area contributed by atoms with E-state index in [4.69, 9.17) is 9.47 Å². The molecular weight excluding hydrogens is 261 g/mol. The van der Waals surface area contributed by atoms with Crippen LogP contribution in [0.4, 0.5) is 10.1 Å². The Hall–Kier alpha value is -1.78. The maximum Gasteiger partial charge on any atom is 0.328 e. The lowest BCUT2D eigenvalue weighted by Crippen LogP contribution is -2.34. The summed E-state index contributed by atoms with van der Waals surface area (Å²) in [5, 5.41) is 2.90. The molecule has 0 amide bonds. The Balaban J connectivity index is 2.69. The fourth-order valence-corrected chi connectivity index (χ4v) is 1.56. The van der Waals surface area contributed by atoms with Gasteiger partial charge in [-0.25, -0.2) is 9.18 Å². The van der Waals surface area contributed by atoms with Crippen molar-refractivity contribution >= 4 is 11.7 Å². The van der Waals surface area contributed by atoms with Crippen molar-refractivity contribution in [2.24, 2.45) is 0 Å². The van der Waals surface area contributed by atoms with Crippen molar-refractivity contribution < 1.29 is 18.7 Å². The number of rotatable bonds is 5. The number of anilines is 1. The Morgan fingerprint density at radius 1 is 1.40 bits per heavy atom. The van der Waals surface area contributed by atoms with Crippen molar-refractivity contribution in [2.45, 2.75) is 46.3 Å². The standard InChI is InChI=1S/C15H22FNO3/c1-6-19-13-8-7-11(9-12(13)16)17-10(2)14(18)20-15(3,4)5/h7-10,17H,6H2,1-5H3. The third kappa shape index (κ3) is 5.07. The normalized spacial score (nSPS) is 12.7. The summed E-state index contributed by atoms with van der Waals surface area (Å²) in [6, 6.07) is 3.93. The van der Waals surface area contributed by atoms with E-state index >= 15 is 0 Å². The zero-order valence-electron chi connectivity index (χ0n) is 12.6. The van der Waals surface area contributed by atoms with Gasteiger partial charge in [0.15, 0.2) is 11.6 Å². The van der Waals surface area contributed by atoms with Crippen molar-refractivity contribution in [1.29, 1.82) is 0 Å². The lowest BCUT2D eigenvalue weighted by molar-refractivity contribution is -0.155. The minimum absolute atomic E-state index is 0.197. The summed E-state index contributed by atoms with van der Waals surface area (Å²) in [6.45, 7) is 9.26. The van der Waals surface area contributed by atoms with Crippen molar-refractivity contribution in [3.05, 3.63) is 24.0 Å². The topological polar surface area (TPSA) is 47.6 Å². The zero-order valence-corrected chi connectivity index (χ0v) is 12.6. The second-order valence-corrected chi connectivity index (χ2v) is 5.48. The molecule has 1 rings (SSSR count). The van der Waals surface area contributed by atoms with Crippen LogP contribution in [-0.2, 0) is 9.53 Å². The first-order valence-corrected chi connectivity index (χ1v) is 6.64. The summed E-state index contributed by atoms with van der Waals surface area (Å²) < 4.78 is 24.0. The molecule has 0 aromatic heterocycles. The van der Waals surface area contributed by atoms with Gasteiger partial charge in [-0.1, -0.05) is 0 Å². The van der Waals surface area contributed by atoms with E-state index in [1.807, 2.05) is 0 Å². The first-order valence-electron chi connectivity index (χ1n) is 6.64. The van der Waals surface area contributed by atoms with Crippen molar-refractivity contribution in [3.8, 4) is 5.75 Å². The van der Waals surface area contributed by atoms with Gasteiger partial charge in [-0.15, -0.1) is 0 Å². The summed E-state index contributed by atoms with van der Waals surface area (Å²) >= 11 is 0. The molecule has 1 atom stereocenters. The van der Waals surface area contributed by atoms with Gasteiger partial charge in [-0.05, 0) is 46.8 Å². The highest BCUT2D eigenvalue weighted by Crippen LogP contribution is 2.22. The van der Waals surface area contributed by atoms with Crippen LogP contribution in [0.3, 0.4) is 0 Å². The number of benzene rings is 1. The minimum Gasteiger partial charge on any atom is -0.491 e. The monoisotopic (exact) mass is 283 g/mol. The van der Waals surface area contributed by atoms with E-state index in [0.29, 0.717) is 12.3 Å². The summed E-state index contributed by atoms with van der Waals surface area (Å²) in [4.78, 5) is 11.8. The lowest BCUT2D eigenvalue weighted by atomic mass is 10.2. The highest BCUT2D eigenvalue weighted by molar-refractivity contribution is 5.79. The molecule has 0 fully saturated rings. The van der Waals surface area contributed by atoms with Crippen LogP contribution < -0.4 is 10.1 Å². The van der Waals surface area contributed by atoms with Crippen LogP contribution in [0.25, 0.3) is 0 Å². The smallest absolute Gasteiger partial charge is 0.328 e. The Morgan fingerprint density at radius 3 is 2.55 bits per heavy atom. The van der Waals surface area contributed by atoms with Crippen LogP contribution >= 0.6 is 0 Å². The zero-order chi connectivity index (χ0) is 15.3. The third-order valence-corrected chi connectivity index (χ3v) is 2.38. The molecule has 0 spiro atoms. The Labute approximate surface area is 119 Å². The molecule has 0 bridgehead atoms. The van der Waals surface area contributed by atoms with E-state index in [-0.39, 0.29) is 11.7 Å². The SMILES string of the molecule is CCOc1ccc(NC(C)C(=O)OC(C)(C)C)cc1F. The van der Waals surface area contributed by atoms with E-state index in [1.165, 1.54) is 12.1 Å². The number of carbonyl (C=O) groups excluding carboxylic acids is 1. The largest absolute Gasteiger partial charge is 0.491 e. The summed E-state index contributed by atoms with van der Waals surface area (Å²) in [7, 11) is 0. The predicted molar refractivity (Wildman–Crippen MR) is 76.5 cm³/mol. The van der Waals surface area contributed by atoms with E-state index in [2.05, 4.69) is 5.32 Å². The number of halogens is 1. The van der Waals surface area contributed by atoms with Crippen molar-refractivity contribution in [2.75, 3.05) is 11.9 Å².